The Labute approximate surface area is 223 Å². The van der Waals surface area contributed by atoms with Crippen LogP contribution in [0.5, 0.6) is 0 Å². The topological polar surface area (TPSA) is 121 Å². The number of benzene rings is 1. The van der Waals surface area contributed by atoms with Crippen molar-refractivity contribution in [3.63, 3.8) is 0 Å². The lowest BCUT2D eigenvalue weighted by Crippen LogP contribution is -2.46. The molecule has 1 amide bonds. The number of fused-ring (bicyclic) bond motifs is 5. The molecule has 2 atom stereocenters. The van der Waals surface area contributed by atoms with Gasteiger partial charge in [0, 0.05) is 52.5 Å². The van der Waals surface area contributed by atoms with Gasteiger partial charge in [-0.2, -0.15) is 14.7 Å². The van der Waals surface area contributed by atoms with E-state index in [1.54, 1.807) is 0 Å². The molecule has 0 saturated carbocycles. The number of pyridine rings is 1. The zero-order valence-corrected chi connectivity index (χ0v) is 21.0. The first-order valence-corrected chi connectivity index (χ1v) is 13.3. The molecule has 6 aromatic rings. The molecule has 2 saturated heterocycles. The zero-order chi connectivity index (χ0) is 25.9. The third kappa shape index (κ3) is 3.48. The predicted octanol–water partition coefficient (Wildman–Crippen LogP) is 4.61. The summed E-state index contributed by atoms with van der Waals surface area (Å²) in [6.45, 7) is 0. The van der Waals surface area contributed by atoms with E-state index in [0.717, 1.165) is 70.4 Å². The fourth-order valence-corrected chi connectivity index (χ4v) is 6.54. The van der Waals surface area contributed by atoms with Gasteiger partial charge in [0.25, 0.3) is 5.91 Å². The van der Waals surface area contributed by atoms with Crippen LogP contribution < -0.4 is 0 Å². The Bertz CT molecular complexity index is 1790. The monoisotopic (exact) mass is 515 g/mol. The van der Waals surface area contributed by atoms with E-state index in [4.69, 9.17) is 15.1 Å². The van der Waals surface area contributed by atoms with Crippen LogP contribution in [0.2, 0.25) is 0 Å². The predicted molar refractivity (Wildman–Crippen MR) is 145 cm³/mol. The van der Waals surface area contributed by atoms with Gasteiger partial charge in [-0.3, -0.25) is 14.9 Å². The number of nitrogens with one attached hydrogen (secondary N) is 2. The first-order chi connectivity index (χ1) is 19.2. The number of H-pyrrole nitrogens is 2. The van der Waals surface area contributed by atoms with Crippen LogP contribution in [0.3, 0.4) is 0 Å². The highest BCUT2D eigenvalue weighted by Crippen LogP contribution is 2.45. The van der Waals surface area contributed by atoms with Crippen molar-refractivity contribution in [1.82, 2.24) is 44.6 Å². The SMILES string of the molecule is O=C(c1ncn[nH]1)N1C2CCC1CC(c1nc3c(-c4ccc(-c5ccccc5)nc4)cnn3c3[nH]ccc13)C2. The van der Waals surface area contributed by atoms with E-state index in [2.05, 4.69) is 44.4 Å². The van der Waals surface area contributed by atoms with Gasteiger partial charge < -0.3 is 9.88 Å². The number of amides is 1. The van der Waals surface area contributed by atoms with Crippen molar-refractivity contribution in [2.24, 2.45) is 0 Å². The summed E-state index contributed by atoms with van der Waals surface area (Å²) in [6, 6.07) is 16.7. The molecular weight excluding hydrogens is 490 g/mol. The highest BCUT2D eigenvalue weighted by molar-refractivity contribution is 5.91. The van der Waals surface area contributed by atoms with Crippen molar-refractivity contribution in [1.29, 1.82) is 0 Å². The van der Waals surface area contributed by atoms with Crippen molar-refractivity contribution in [3.05, 3.63) is 85.0 Å². The van der Waals surface area contributed by atoms with E-state index >= 15 is 0 Å². The second-order valence-electron chi connectivity index (χ2n) is 10.4. The molecule has 192 valence electrons. The Morgan fingerprint density at radius 1 is 0.923 bits per heavy atom. The molecular formula is C29H25N9O. The van der Waals surface area contributed by atoms with Crippen molar-refractivity contribution in [2.75, 3.05) is 0 Å². The molecule has 2 N–H and O–H groups in total. The van der Waals surface area contributed by atoms with Gasteiger partial charge in [-0.25, -0.2) is 9.97 Å². The summed E-state index contributed by atoms with van der Waals surface area (Å²) in [6.07, 6.45) is 10.8. The van der Waals surface area contributed by atoms with Crippen LogP contribution in [0.1, 0.15) is 47.9 Å². The number of nitrogens with zero attached hydrogens (tertiary/aromatic N) is 7. The van der Waals surface area contributed by atoms with Gasteiger partial charge in [0.1, 0.15) is 12.0 Å². The molecule has 0 spiro atoms. The average molecular weight is 516 g/mol. The van der Waals surface area contributed by atoms with Gasteiger partial charge in [-0.15, -0.1) is 0 Å². The molecule has 39 heavy (non-hydrogen) atoms. The minimum Gasteiger partial charge on any atom is -0.346 e. The second-order valence-corrected chi connectivity index (χ2v) is 10.4. The minimum absolute atomic E-state index is 0.0572. The van der Waals surface area contributed by atoms with Gasteiger partial charge in [-0.1, -0.05) is 36.4 Å². The van der Waals surface area contributed by atoms with Crippen LogP contribution in [0.4, 0.5) is 0 Å². The largest absolute Gasteiger partial charge is 0.346 e. The van der Waals surface area contributed by atoms with Crippen LogP contribution in [-0.2, 0) is 0 Å². The van der Waals surface area contributed by atoms with Crippen LogP contribution in [0, 0.1) is 0 Å². The average Bonchev–Trinajstić information content (AvgIpc) is 3.79. The maximum Gasteiger partial charge on any atom is 0.291 e. The number of rotatable bonds is 4. The maximum atomic E-state index is 13.1. The van der Waals surface area contributed by atoms with Crippen molar-refractivity contribution < 1.29 is 4.79 Å². The summed E-state index contributed by atoms with van der Waals surface area (Å²) >= 11 is 0. The number of carbonyl (C=O) groups excluding carboxylic acids is 1. The number of hydrogen-bond acceptors (Lipinski definition) is 6. The molecule has 0 aliphatic carbocycles. The van der Waals surface area contributed by atoms with E-state index in [1.807, 2.05) is 52.3 Å². The van der Waals surface area contributed by atoms with Gasteiger partial charge in [-0.05, 0) is 37.8 Å². The highest BCUT2D eigenvalue weighted by Gasteiger charge is 2.45. The first-order valence-electron chi connectivity index (χ1n) is 13.3. The van der Waals surface area contributed by atoms with Crippen molar-refractivity contribution in [3.8, 4) is 22.4 Å². The van der Waals surface area contributed by atoms with E-state index in [1.165, 1.54) is 6.33 Å². The number of aromatic amines is 2. The molecule has 0 radical (unpaired) electrons. The molecule has 2 aliphatic rings. The Hall–Kier alpha value is -4.86. The summed E-state index contributed by atoms with van der Waals surface area (Å²) < 4.78 is 1.89. The maximum absolute atomic E-state index is 13.1. The van der Waals surface area contributed by atoms with Gasteiger partial charge in [0.15, 0.2) is 5.65 Å². The Morgan fingerprint density at radius 2 is 1.77 bits per heavy atom. The molecule has 5 aromatic heterocycles. The van der Waals surface area contributed by atoms with Crippen LogP contribution >= 0.6 is 0 Å². The van der Waals surface area contributed by atoms with Gasteiger partial charge in [0.2, 0.25) is 5.82 Å². The van der Waals surface area contributed by atoms with Crippen LogP contribution in [0.15, 0.2) is 73.4 Å². The lowest BCUT2D eigenvalue weighted by Gasteiger charge is -2.38. The van der Waals surface area contributed by atoms with Crippen LogP contribution in [-0.4, -0.2) is 62.6 Å². The second kappa shape index (κ2) is 8.59. The van der Waals surface area contributed by atoms with E-state index in [0.29, 0.717) is 5.82 Å². The number of hydrogen-bond donors (Lipinski definition) is 2. The Balaban J connectivity index is 1.16. The van der Waals surface area contributed by atoms with Gasteiger partial charge >= 0.3 is 0 Å². The minimum atomic E-state index is -0.0572. The standard InChI is InChI=1S/C29H25N9O/c39-29(26-32-16-33-36-26)37-20-7-8-21(37)13-19(12-20)25-22-10-11-30-27(22)38-28(35-25)23(15-34-38)18-6-9-24(31-14-18)17-4-2-1-3-5-17/h1-6,9-11,14-16,19-21,30H,7-8,12-13H2,(H,32,33,36). The van der Waals surface area contributed by atoms with Crippen molar-refractivity contribution in [2.45, 2.75) is 43.7 Å². The molecule has 2 fully saturated rings. The van der Waals surface area contributed by atoms with E-state index in [9.17, 15) is 4.79 Å². The molecule has 2 bridgehead atoms. The van der Waals surface area contributed by atoms with E-state index in [-0.39, 0.29) is 23.9 Å². The number of aromatic nitrogens is 8. The summed E-state index contributed by atoms with van der Waals surface area (Å²) in [5.41, 5.74) is 6.74. The smallest absolute Gasteiger partial charge is 0.291 e. The summed E-state index contributed by atoms with van der Waals surface area (Å²) in [5, 5.41) is 12.4. The number of piperidine rings is 1. The quantitative estimate of drug-likeness (QED) is 0.354. The summed E-state index contributed by atoms with van der Waals surface area (Å²) in [7, 11) is 0. The van der Waals surface area contributed by atoms with Crippen LogP contribution in [0.25, 0.3) is 39.1 Å². The highest BCUT2D eigenvalue weighted by atomic mass is 16.2. The fraction of sp³-hybridized carbons (Fsp3) is 0.241. The first kappa shape index (κ1) is 22.2. The zero-order valence-electron chi connectivity index (χ0n) is 21.0. The normalized spacial score (nSPS) is 20.7. The van der Waals surface area contributed by atoms with Crippen molar-refractivity contribution >= 4 is 22.6 Å². The summed E-state index contributed by atoms with van der Waals surface area (Å²) in [4.78, 5) is 32.6. The van der Waals surface area contributed by atoms with Gasteiger partial charge in [0.05, 0.1) is 17.6 Å². The Morgan fingerprint density at radius 3 is 2.51 bits per heavy atom. The summed E-state index contributed by atoms with van der Waals surface area (Å²) in [5.74, 6) is 0.498. The number of carbonyl (C=O) groups is 1. The molecule has 2 unspecified atom stereocenters. The molecule has 10 heteroatoms. The third-order valence-corrected chi connectivity index (χ3v) is 8.30. The fourth-order valence-electron chi connectivity index (χ4n) is 6.54. The molecule has 8 rings (SSSR count). The molecule has 10 nitrogen and oxygen atoms in total. The Kier molecular flexibility index (Phi) is 4.88. The molecule has 1 aromatic carbocycles. The molecule has 7 heterocycles. The lowest BCUT2D eigenvalue weighted by atomic mass is 9.86. The van der Waals surface area contributed by atoms with E-state index < -0.39 is 0 Å². The third-order valence-electron chi connectivity index (χ3n) is 8.30. The molecule has 2 aliphatic heterocycles. The lowest BCUT2D eigenvalue weighted by molar-refractivity contribution is 0.0558.